The Kier molecular flexibility index (Phi) is 7.68. The van der Waals surface area contributed by atoms with Crippen molar-refractivity contribution in [2.24, 2.45) is 5.92 Å². The van der Waals surface area contributed by atoms with Crippen LogP contribution in [0.1, 0.15) is 12.5 Å². The monoisotopic (exact) mass is 311 g/mol. The van der Waals surface area contributed by atoms with E-state index in [4.69, 9.17) is 9.84 Å². The van der Waals surface area contributed by atoms with Gasteiger partial charge in [0.25, 0.3) is 0 Å². The Bertz CT molecular complexity index is 461. The van der Waals surface area contributed by atoms with Crippen molar-refractivity contribution >= 4 is 23.6 Å². The van der Waals surface area contributed by atoms with E-state index in [1.54, 1.807) is 14.0 Å². The molecule has 116 valence electrons. The first-order valence-corrected chi connectivity index (χ1v) is 7.88. The molecule has 1 unspecified atom stereocenters. The lowest BCUT2D eigenvalue weighted by Gasteiger charge is -2.07. The molecule has 1 aromatic rings. The molecule has 0 heterocycles. The molecular weight excluding hydrogens is 290 g/mol. The van der Waals surface area contributed by atoms with Crippen molar-refractivity contribution in [1.29, 1.82) is 0 Å². The Morgan fingerprint density at radius 3 is 2.57 bits per heavy atom. The van der Waals surface area contributed by atoms with Gasteiger partial charge in [0.15, 0.2) is 0 Å². The van der Waals surface area contributed by atoms with Crippen molar-refractivity contribution in [3.63, 3.8) is 0 Å². The van der Waals surface area contributed by atoms with E-state index in [9.17, 15) is 9.59 Å². The van der Waals surface area contributed by atoms with Gasteiger partial charge in [0.2, 0.25) is 5.91 Å². The Hall–Kier alpha value is -1.69. The molecule has 2 N–H and O–H groups in total. The molecule has 1 atom stereocenters. The van der Waals surface area contributed by atoms with E-state index in [1.807, 2.05) is 24.3 Å². The van der Waals surface area contributed by atoms with Gasteiger partial charge in [0, 0.05) is 12.3 Å². The highest BCUT2D eigenvalue weighted by Crippen LogP contribution is 2.11. The molecule has 1 rings (SSSR count). The third kappa shape index (κ3) is 7.04. The van der Waals surface area contributed by atoms with Crippen LogP contribution in [0.2, 0.25) is 0 Å². The molecule has 0 radical (unpaired) electrons. The van der Waals surface area contributed by atoms with Crippen LogP contribution in [-0.4, -0.2) is 42.1 Å². The molecule has 21 heavy (non-hydrogen) atoms. The minimum atomic E-state index is -0.831. The maximum atomic E-state index is 11.6. The molecular formula is C15H21NO4S. The van der Waals surface area contributed by atoms with E-state index >= 15 is 0 Å². The number of carbonyl (C=O) groups is 2. The van der Waals surface area contributed by atoms with Gasteiger partial charge in [-0.25, -0.2) is 0 Å². The number of hydrogen-bond donors (Lipinski definition) is 2. The van der Waals surface area contributed by atoms with Crippen LogP contribution < -0.4 is 10.1 Å². The predicted octanol–water partition coefficient (Wildman–Crippen LogP) is 1.81. The van der Waals surface area contributed by atoms with Crippen LogP contribution >= 0.6 is 11.8 Å². The number of benzene rings is 1. The fourth-order valence-corrected chi connectivity index (χ4v) is 2.49. The highest BCUT2D eigenvalue weighted by Gasteiger charge is 2.11. The zero-order valence-electron chi connectivity index (χ0n) is 12.3. The lowest BCUT2D eigenvalue weighted by molar-refractivity contribution is -0.140. The molecule has 0 saturated carbocycles. The molecule has 5 nitrogen and oxygen atoms in total. The molecule has 0 aliphatic rings. The van der Waals surface area contributed by atoms with E-state index in [2.05, 4.69) is 5.32 Å². The quantitative estimate of drug-likeness (QED) is 0.727. The van der Waals surface area contributed by atoms with Gasteiger partial charge in [0.1, 0.15) is 5.75 Å². The average molecular weight is 311 g/mol. The van der Waals surface area contributed by atoms with Crippen LogP contribution in [0.3, 0.4) is 0 Å². The molecule has 0 saturated heterocycles. The average Bonchev–Trinajstić information content (AvgIpc) is 2.47. The molecule has 0 spiro atoms. The molecule has 0 bridgehead atoms. The molecule has 6 heteroatoms. The number of nitrogens with one attached hydrogen (secondary N) is 1. The number of rotatable bonds is 9. The van der Waals surface area contributed by atoms with Crippen LogP contribution in [0.5, 0.6) is 5.75 Å². The SMILES string of the molecule is COc1ccc(CCNC(=O)CSCC(C)C(=O)O)cc1. The van der Waals surface area contributed by atoms with Gasteiger partial charge in [-0.3, -0.25) is 9.59 Å². The molecule has 0 aromatic heterocycles. The number of thioether (sulfide) groups is 1. The lowest BCUT2D eigenvalue weighted by atomic mass is 10.1. The van der Waals surface area contributed by atoms with E-state index in [-0.39, 0.29) is 5.91 Å². The van der Waals surface area contributed by atoms with Crippen molar-refractivity contribution in [2.75, 3.05) is 25.2 Å². The first kappa shape index (κ1) is 17.4. The van der Waals surface area contributed by atoms with E-state index in [1.165, 1.54) is 11.8 Å². The third-order valence-electron chi connectivity index (χ3n) is 2.92. The van der Waals surface area contributed by atoms with Gasteiger partial charge >= 0.3 is 5.97 Å². The molecule has 0 fully saturated rings. The summed E-state index contributed by atoms with van der Waals surface area (Å²) >= 11 is 1.34. The molecule has 1 aromatic carbocycles. The number of methoxy groups -OCH3 is 1. The van der Waals surface area contributed by atoms with Gasteiger partial charge < -0.3 is 15.2 Å². The fraction of sp³-hybridized carbons (Fsp3) is 0.467. The maximum absolute atomic E-state index is 11.6. The van der Waals surface area contributed by atoms with Gasteiger partial charge in [-0.05, 0) is 24.1 Å². The Morgan fingerprint density at radius 2 is 2.00 bits per heavy atom. The van der Waals surface area contributed by atoms with E-state index < -0.39 is 11.9 Å². The summed E-state index contributed by atoms with van der Waals surface area (Å²) < 4.78 is 5.08. The summed E-state index contributed by atoms with van der Waals surface area (Å²) in [6.07, 6.45) is 0.756. The summed E-state index contributed by atoms with van der Waals surface area (Å²) in [5.74, 6) is 0.226. The largest absolute Gasteiger partial charge is 0.497 e. The summed E-state index contributed by atoms with van der Waals surface area (Å²) in [6.45, 7) is 2.21. The van der Waals surface area contributed by atoms with Crippen molar-refractivity contribution in [3.8, 4) is 5.75 Å². The zero-order valence-corrected chi connectivity index (χ0v) is 13.1. The van der Waals surface area contributed by atoms with Crippen molar-refractivity contribution < 1.29 is 19.4 Å². The number of carbonyl (C=O) groups excluding carboxylic acids is 1. The number of hydrogen-bond acceptors (Lipinski definition) is 4. The number of ether oxygens (including phenoxy) is 1. The van der Waals surface area contributed by atoms with Crippen LogP contribution in [0.15, 0.2) is 24.3 Å². The van der Waals surface area contributed by atoms with Crippen LogP contribution in [-0.2, 0) is 16.0 Å². The fourth-order valence-electron chi connectivity index (χ4n) is 1.59. The van der Waals surface area contributed by atoms with Gasteiger partial charge in [0.05, 0.1) is 18.8 Å². The minimum Gasteiger partial charge on any atom is -0.497 e. The topological polar surface area (TPSA) is 75.6 Å². The van der Waals surface area contributed by atoms with Crippen molar-refractivity contribution in [1.82, 2.24) is 5.32 Å². The second-order valence-electron chi connectivity index (χ2n) is 4.70. The summed E-state index contributed by atoms with van der Waals surface area (Å²) in [5.41, 5.74) is 1.13. The number of aliphatic carboxylic acids is 1. The molecule has 0 aliphatic carbocycles. The summed E-state index contributed by atoms with van der Waals surface area (Å²) in [5, 5.41) is 11.6. The van der Waals surface area contributed by atoms with Crippen LogP contribution in [0, 0.1) is 5.92 Å². The normalized spacial score (nSPS) is 11.7. The second-order valence-corrected chi connectivity index (χ2v) is 5.73. The van der Waals surface area contributed by atoms with Crippen LogP contribution in [0.4, 0.5) is 0 Å². The molecule has 0 aliphatic heterocycles. The lowest BCUT2D eigenvalue weighted by Crippen LogP contribution is -2.27. The Labute approximate surface area is 129 Å². The van der Waals surface area contributed by atoms with Crippen LogP contribution in [0.25, 0.3) is 0 Å². The molecule has 1 amide bonds. The standard InChI is InChI=1S/C15H21NO4S/c1-11(15(18)19)9-21-10-14(17)16-8-7-12-3-5-13(20-2)6-4-12/h3-6,11H,7-10H2,1-2H3,(H,16,17)(H,18,19). The smallest absolute Gasteiger partial charge is 0.307 e. The summed E-state index contributed by atoms with van der Waals surface area (Å²) in [7, 11) is 1.62. The highest BCUT2D eigenvalue weighted by atomic mass is 32.2. The van der Waals surface area contributed by atoms with Gasteiger partial charge in [-0.2, -0.15) is 11.8 Å². The summed E-state index contributed by atoms with van der Waals surface area (Å²) in [6, 6.07) is 7.71. The van der Waals surface area contributed by atoms with E-state index in [0.29, 0.717) is 18.1 Å². The summed E-state index contributed by atoms with van der Waals surface area (Å²) in [4.78, 5) is 22.2. The number of amides is 1. The Balaban J connectivity index is 2.16. The Morgan fingerprint density at radius 1 is 1.33 bits per heavy atom. The van der Waals surface area contributed by atoms with Gasteiger partial charge in [-0.15, -0.1) is 0 Å². The predicted molar refractivity (Wildman–Crippen MR) is 83.8 cm³/mol. The first-order valence-electron chi connectivity index (χ1n) is 6.73. The van der Waals surface area contributed by atoms with Crippen molar-refractivity contribution in [2.45, 2.75) is 13.3 Å². The zero-order chi connectivity index (χ0) is 15.7. The third-order valence-corrected chi connectivity index (χ3v) is 4.12. The highest BCUT2D eigenvalue weighted by molar-refractivity contribution is 7.99. The first-order chi connectivity index (χ1) is 10.0. The van der Waals surface area contributed by atoms with E-state index in [0.717, 1.165) is 17.7 Å². The minimum absolute atomic E-state index is 0.0638. The number of carboxylic acids is 1. The second kappa shape index (κ2) is 9.28. The van der Waals surface area contributed by atoms with Crippen molar-refractivity contribution in [3.05, 3.63) is 29.8 Å². The van der Waals surface area contributed by atoms with Gasteiger partial charge in [-0.1, -0.05) is 19.1 Å². The maximum Gasteiger partial charge on any atom is 0.307 e. The number of carboxylic acid groups (broad SMARTS) is 1.